The van der Waals surface area contributed by atoms with E-state index in [0.717, 1.165) is 36.7 Å². The lowest BCUT2D eigenvalue weighted by molar-refractivity contribution is -0.146. The number of nitrogens with one attached hydrogen (secondary N) is 1. The van der Waals surface area contributed by atoms with Crippen LogP contribution >= 0.6 is 11.8 Å². The van der Waals surface area contributed by atoms with Crippen LogP contribution in [0.15, 0.2) is 23.1 Å². The van der Waals surface area contributed by atoms with Crippen LogP contribution in [0.5, 0.6) is 0 Å². The number of rotatable bonds is 7. The average molecular weight is 429 g/mol. The van der Waals surface area contributed by atoms with Crippen molar-refractivity contribution < 1.29 is 27.5 Å². The number of esters is 1. The van der Waals surface area contributed by atoms with Gasteiger partial charge in [-0.3, -0.25) is 9.59 Å². The number of alkyl halides is 3. The highest BCUT2D eigenvalue weighted by atomic mass is 32.2. The molecule has 2 aromatic rings. The molecule has 1 aliphatic rings. The molecule has 0 saturated carbocycles. The third kappa shape index (κ3) is 5.25. The second kappa shape index (κ2) is 8.80. The summed E-state index contributed by atoms with van der Waals surface area (Å²) in [5.74, 6) is -0.776. The van der Waals surface area contributed by atoms with Crippen LogP contribution in [0.2, 0.25) is 0 Å². The first-order chi connectivity index (χ1) is 13.8. The molecule has 1 atom stereocenters. The number of carbonyl (C=O) groups excluding carboxylic acids is 2. The van der Waals surface area contributed by atoms with Gasteiger partial charge in [-0.1, -0.05) is 13.3 Å². The van der Waals surface area contributed by atoms with Crippen LogP contribution in [0.1, 0.15) is 37.6 Å². The minimum atomic E-state index is -4.50. The van der Waals surface area contributed by atoms with E-state index < -0.39 is 28.9 Å². The van der Waals surface area contributed by atoms with Gasteiger partial charge in [-0.25, -0.2) is 4.68 Å². The Bertz CT molecular complexity index is 903. The Balaban J connectivity index is 1.58. The fourth-order valence-corrected chi connectivity index (χ4v) is 3.70. The number of carbonyl (C=O) groups is 2. The van der Waals surface area contributed by atoms with Gasteiger partial charge in [-0.05, 0) is 35.0 Å². The van der Waals surface area contributed by atoms with Gasteiger partial charge < -0.3 is 10.1 Å². The first-order valence-electron chi connectivity index (χ1n) is 8.87. The van der Waals surface area contributed by atoms with Gasteiger partial charge in [0.25, 0.3) is 0 Å². The molecular formula is C17H18F3N5O3S. The number of amides is 1. The largest absolute Gasteiger partial charge is 0.457 e. The standard InChI is InChI=1S/C17H18F3N5O3S/c1-2-3-6-25-14(22-23-24-25)9-28-15(26)8-13-16(27)21-11-7-10(17(18,19)20)4-5-12(11)29-13/h4-5,7,13H,2-3,6,8-9H2,1H3,(H,21,27). The molecule has 29 heavy (non-hydrogen) atoms. The van der Waals surface area contributed by atoms with Gasteiger partial charge in [0.15, 0.2) is 12.4 Å². The summed E-state index contributed by atoms with van der Waals surface area (Å²) in [6, 6.07) is 3.10. The smallest absolute Gasteiger partial charge is 0.416 e. The Morgan fingerprint density at radius 1 is 1.38 bits per heavy atom. The maximum atomic E-state index is 12.8. The molecular weight excluding hydrogens is 411 g/mol. The molecule has 3 rings (SSSR count). The fraction of sp³-hybridized carbons (Fsp3) is 0.471. The molecule has 0 bridgehead atoms. The van der Waals surface area contributed by atoms with Crippen LogP contribution in [-0.2, 0) is 33.7 Å². The van der Waals surface area contributed by atoms with E-state index in [-0.39, 0.29) is 18.7 Å². The summed E-state index contributed by atoms with van der Waals surface area (Å²) in [4.78, 5) is 24.8. The molecule has 1 amide bonds. The highest BCUT2D eigenvalue weighted by Gasteiger charge is 2.34. The molecule has 1 N–H and O–H groups in total. The lowest BCUT2D eigenvalue weighted by atomic mass is 10.1. The molecule has 8 nitrogen and oxygen atoms in total. The second-order valence-electron chi connectivity index (χ2n) is 6.34. The quantitative estimate of drug-likeness (QED) is 0.676. The van der Waals surface area contributed by atoms with Crippen molar-refractivity contribution in [2.24, 2.45) is 0 Å². The molecule has 0 spiro atoms. The molecule has 1 unspecified atom stereocenters. The van der Waals surface area contributed by atoms with E-state index in [2.05, 4.69) is 20.8 Å². The third-order valence-electron chi connectivity index (χ3n) is 4.17. The normalized spacial score (nSPS) is 16.3. The average Bonchev–Trinajstić information content (AvgIpc) is 3.11. The summed E-state index contributed by atoms with van der Waals surface area (Å²) in [5.41, 5.74) is -0.773. The number of fused-ring (bicyclic) bond motifs is 1. The molecule has 1 aromatic carbocycles. The lowest BCUT2D eigenvalue weighted by Crippen LogP contribution is -2.31. The van der Waals surface area contributed by atoms with Crippen molar-refractivity contribution in [3.8, 4) is 0 Å². The van der Waals surface area contributed by atoms with Crippen LogP contribution in [0.3, 0.4) is 0 Å². The van der Waals surface area contributed by atoms with E-state index in [0.29, 0.717) is 17.3 Å². The highest BCUT2D eigenvalue weighted by molar-refractivity contribution is 8.01. The number of anilines is 1. The van der Waals surface area contributed by atoms with Crippen molar-refractivity contribution in [3.63, 3.8) is 0 Å². The SMILES string of the molecule is CCCCn1nnnc1COC(=O)CC1Sc2ccc(C(F)(F)F)cc2NC1=O. The number of tetrazole rings is 1. The molecule has 156 valence electrons. The van der Waals surface area contributed by atoms with Crippen molar-refractivity contribution in [1.29, 1.82) is 0 Å². The van der Waals surface area contributed by atoms with E-state index in [1.54, 1.807) is 4.68 Å². The Morgan fingerprint density at radius 2 is 2.17 bits per heavy atom. The van der Waals surface area contributed by atoms with Gasteiger partial charge in [0.05, 0.1) is 22.9 Å². The molecule has 1 aliphatic heterocycles. The fourth-order valence-electron chi connectivity index (χ4n) is 2.62. The summed E-state index contributed by atoms with van der Waals surface area (Å²) in [6.07, 6.45) is -2.90. The topological polar surface area (TPSA) is 99.0 Å². The Hall–Kier alpha value is -2.63. The predicted octanol–water partition coefficient (Wildman–Crippen LogP) is 3.04. The van der Waals surface area contributed by atoms with Gasteiger partial charge in [0, 0.05) is 11.4 Å². The van der Waals surface area contributed by atoms with E-state index >= 15 is 0 Å². The second-order valence-corrected chi connectivity index (χ2v) is 7.59. The van der Waals surface area contributed by atoms with Crippen molar-refractivity contribution in [3.05, 3.63) is 29.6 Å². The van der Waals surface area contributed by atoms with Crippen LogP contribution in [0.4, 0.5) is 18.9 Å². The number of aromatic nitrogens is 4. The van der Waals surface area contributed by atoms with Gasteiger partial charge in [0.1, 0.15) is 0 Å². The number of ether oxygens (including phenoxy) is 1. The summed E-state index contributed by atoms with van der Waals surface area (Å²) in [7, 11) is 0. The Kier molecular flexibility index (Phi) is 6.40. The maximum Gasteiger partial charge on any atom is 0.416 e. The third-order valence-corrected chi connectivity index (χ3v) is 5.45. The minimum absolute atomic E-state index is 0.0783. The summed E-state index contributed by atoms with van der Waals surface area (Å²) >= 11 is 1.02. The first-order valence-corrected chi connectivity index (χ1v) is 9.75. The number of benzene rings is 1. The summed E-state index contributed by atoms with van der Waals surface area (Å²) < 4.78 is 45.1. The number of nitrogens with zero attached hydrogens (tertiary/aromatic N) is 4. The molecule has 12 heteroatoms. The van der Waals surface area contributed by atoms with E-state index in [1.165, 1.54) is 6.07 Å². The minimum Gasteiger partial charge on any atom is -0.457 e. The molecule has 2 heterocycles. The first kappa shape index (κ1) is 21.1. The van der Waals surface area contributed by atoms with Crippen LogP contribution in [0.25, 0.3) is 0 Å². The number of hydrogen-bond acceptors (Lipinski definition) is 7. The van der Waals surface area contributed by atoms with Crippen molar-refractivity contribution in [2.75, 3.05) is 5.32 Å². The molecule has 1 aromatic heterocycles. The van der Waals surface area contributed by atoms with E-state index in [9.17, 15) is 22.8 Å². The van der Waals surface area contributed by atoms with Crippen molar-refractivity contribution in [2.45, 2.75) is 55.7 Å². The maximum absolute atomic E-state index is 12.8. The Morgan fingerprint density at radius 3 is 2.90 bits per heavy atom. The van der Waals surface area contributed by atoms with Gasteiger partial charge >= 0.3 is 12.1 Å². The number of halogens is 3. The zero-order chi connectivity index (χ0) is 21.0. The van der Waals surface area contributed by atoms with Gasteiger partial charge in [0.2, 0.25) is 5.91 Å². The number of hydrogen-bond donors (Lipinski definition) is 1. The monoisotopic (exact) mass is 429 g/mol. The summed E-state index contributed by atoms with van der Waals surface area (Å²) in [6.45, 7) is 2.51. The highest BCUT2D eigenvalue weighted by Crippen LogP contribution is 2.40. The van der Waals surface area contributed by atoms with E-state index in [4.69, 9.17) is 4.74 Å². The number of thioether (sulfide) groups is 1. The zero-order valence-corrected chi connectivity index (χ0v) is 16.2. The summed E-state index contributed by atoms with van der Waals surface area (Å²) in [5, 5.41) is 12.8. The van der Waals surface area contributed by atoms with Crippen molar-refractivity contribution in [1.82, 2.24) is 20.2 Å². The molecule has 0 saturated heterocycles. The predicted molar refractivity (Wildman–Crippen MR) is 96.9 cm³/mol. The van der Waals surface area contributed by atoms with Gasteiger partial charge in [-0.2, -0.15) is 13.2 Å². The zero-order valence-electron chi connectivity index (χ0n) is 15.4. The molecule has 0 fully saturated rings. The van der Waals surface area contributed by atoms with Crippen LogP contribution < -0.4 is 5.32 Å². The lowest BCUT2D eigenvalue weighted by Gasteiger charge is -2.24. The van der Waals surface area contributed by atoms with Crippen LogP contribution in [-0.4, -0.2) is 37.3 Å². The number of unbranched alkanes of at least 4 members (excludes halogenated alkanes) is 1. The van der Waals surface area contributed by atoms with Crippen LogP contribution in [0, 0.1) is 0 Å². The Labute approximate surface area is 168 Å². The molecule has 0 radical (unpaired) electrons. The number of aryl methyl sites for hydroxylation is 1. The van der Waals surface area contributed by atoms with Crippen molar-refractivity contribution >= 4 is 29.3 Å². The molecule has 0 aliphatic carbocycles. The van der Waals surface area contributed by atoms with E-state index in [1.807, 2.05) is 6.92 Å². The van der Waals surface area contributed by atoms with Gasteiger partial charge in [-0.15, -0.1) is 16.9 Å².